The average Bonchev–Trinajstić information content (AvgIpc) is 3.24. The van der Waals surface area contributed by atoms with Crippen LogP contribution in [0.3, 0.4) is 0 Å². The van der Waals surface area contributed by atoms with Crippen molar-refractivity contribution in [1.82, 2.24) is 30.2 Å². The number of H-pyrrole nitrogens is 1. The summed E-state index contributed by atoms with van der Waals surface area (Å²) in [6.45, 7) is 3.94. The summed E-state index contributed by atoms with van der Waals surface area (Å²) in [5.74, 6) is 1.70. The van der Waals surface area contributed by atoms with E-state index in [2.05, 4.69) is 25.5 Å². The van der Waals surface area contributed by atoms with Crippen LogP contribution in [0.2, 0.25) is 0 Å². The van der Waals surface area contributed by atoms with E-state index in [1.807, 2.05) is 38.1 Å². The molecule has 3 heterocycles. The topological polar surface area (TPSA) is 98.6 Å². The van der Waals surface area contributed by atoms with Crippen LogP contribution in [0.1, 0.15) is 16.3 Å². The molecule has 0 bridgehead atoms. The summed E-state index contributed by atoms with van der Waals surface area (Å²) in [4.78, 5) is 21.7. The summed E-state index contributed by atoms with van der Waals surface area (Å²) < 4.78 is 6.99. The minimum absolute atomic E-state index is 0.109. The second-order valence-corrected chi connectivity index (χ2v) is 7.96. The zero-order valence-electron chi connectivity index (χ0n) is 14.9. The third kappa shape index (κ3) is 3.21. The molecule has 0 unspecified atom stereocenters. The van der Waals surface area contributed by atoms with E-state index in [9.17, 15) is 4.79 Å². The average molecular weight is 400 g/mol. The van der Waals surface area contributed by atoms with Crippen molar-refractivity contribution >= 4 is 33.3 Å². The Kier molecular flexibility index (Phi) is 4.66. The van der Waals surface area contributed by atoms with Crippen LogP contribution in [-0.2, 0) is 5.75 Å². The van der Waals surface area contributed by atoms with Crippen molar-refractivity contribution in [1.29, 1.82) is 0 Å². The van der Waals surface area contributed by atoms with Gasteiger partial charge in [-0.25, -0.2) is 4.98 Å². The van der Waals surface area contributed by atoms with Crippen LogP contribution in [0.5, 0.6) is 5.75 Å². The number of fused-ring (bicyclic) bond motifs is 1. The van der Waals surface area contributed by atoms with Gasteiger partial charge in [0.05, 0.1) is 18.2 Å². The van der Waals surface area contributed by atoms with E-state index in [0.29, 0.717) is 27.9 Å². The lowest BCUT2D eigenvalue weighted by atomic mass is 10.2. The highest BCUT2D eigenvalue weighted by Crippen LogP contribution is 2.28. The predicted octanol–water partition coefficient (Wildman–Crippen LogP) is 2.88. The number of thiophene rings is 1. The Bertz CT molecular complexity index is 1180. The number of rotatable bonds is 5. The monoisotopic (exact) mass is 400 g/mol. The van der Waals surface area contributed by atoms with Crippen molar-refractivity contribution in [2.75, 3.05) is 7.11 Å². The smallest absolute Gasteiger partial charge is 0.259 e. The summed E-state index contributed by atoms with van der Waals surface area (Å²) in [5, 5.41) is 13.2. The van der Waals surface area contributed by atoms with Gasteiger partial charge in [-0.15, -0.1) is 16.4 Å². The van der Waals surface area contributed by atoms with E-state index in [1.165, 1.54) is 23.1 Å². The Morgan fingerprint density at radius 3 is 2.93 bits per heavy atom. The number of nitrogens with one attached hydrogen (secondary N) is 1. The highest BCUT2D eigenvalue weighted by molar-refractivity contribution is 7.98. The number of aryl methyl sites for hydroxylation is 2. The van der Waals surface area contributed by atoms with Crippen molar-refractivity contribution in [3.05, 3.63) is 50.9 Å². The Labute approximate surface area is 162 Å². The number of hydrogen-bond donors (Lipinski definition) is 1. The summed E-state index contributed by atoms with van der Waals surface area (Å²) in [6.07, 6.45) is 0. The molecule has 1 N–H and O–H groups in total. The summed E-state index contributed by atoms with van der Waals surface area (Å²) in [5.41, 5.74) is 1.62. The third-order valence-corrected chi connectivity index (χ3v) is 6.21. The third-order valence-electron chi connectivity index (χ3n) is 4.18. The molecule has 0 aliphatic rings. The van der Waals surface area contributed by atoms with Gasteiger partial charge in [0.1, 0.15) is 22.1 Å². The highest BCUT2D eigenvalue weighted by Gasteiger charge is 2.15. The van der Waals surface area contributed by atoms with Crippen molar-refractivity contribution < 1.29 is 4.74 Å². The zero-order chi connectivity index (χ0) is 19.0. The minimum Gasteiger partial charge on any atom is -0.494 e. The van der Waals surface area contributed by atoms with Crippen LogP contribution in [0.15, 0.2) is 34.2 Å². The normalized spacial score (nSPS) is 11.2. The maximum atomic E-state index is 12.4. The van der Waals surface area contributed by atoms with Gasteiger partial charge in [-0.1, -0.05) is 23.9 Å². The Morgan fingerprint density at radius 2 is 2.11 bits per heavy atom. The van der Waals surface area contributed by atoms with Gasteiger partial charge in [-0.05, 0) is 42.0 Å². The molecular weight excluding hydrogens is 384 g/mol. The van der Waals surface area contributed by atoms with Gasteiger partial charge in [-0.3, -0.25) is 4.79 Å². The number of nitrogens with zero attached hydrogens (tertiary/aromatic N) is 5. The fraction of sp³-hybridized carbons (Fsp3) is 0.235. The number of benzene rings is 1. The fourth-order valence-corrected chi connectivity index (χ4v) is 4.53. The van der Waals surface area contributed by atoms with E-state index < -0.39 is 0 Å². The van der Waals surface area contributed by atoms with Crippen molar-refractivity contribution in [2.24, 2.45) is 0 Å². The predicted molar refractivity (Wildman–Crippen MR) is 105 cm³/mol. The standard InChI is InChI=1S/C17H16N6O2S2/c1-9-10(2)27-16-14(9)15(24)18-13(19-16)8-26-17-20-21-22-23(17)11-6-4-5-7-12(11)25-3/h4-7H,8H2,1-3H3,(H,18,19,24). The SMILES string of the molecule is COc1ccccc1-n1nnnc1SCc1nc2sc(C)c(C)c2c(=O)[nH]1. The summed E-state index contributed by atoms with van der Waals surface area (Å²) >= 11 is 2.93. The largest absolute Gasteiger partial charge is 0.494 e. The Balaban J connectivity index is 1.63. The maximum absolute atomic E-state index is 12.4. The van der Waals surface area contributed by atoms with Crippen LogP contribution < -0.4 is 10.3 Å². The number of aromatic nitrogens is 6. The van der Waals surface area contributed by atoms with E-state index in [0.717, 1.165) is 21.0 Å². The zero-order valence-corrected chi connectivity index (χ0v) is 16.5. The van der Waals surface area contributed by atoms with Crippen molar-refractivity contribution in [3.63, 3.8) is 0 Å². The summed E-state index contributed by atoms with van der Waals surface area (Å²) in [7, 11) is 1.60. The first-order chi connectivity index (χ1) is 13.1. The number of hydrogen-bond acceptors (Lipinski definition) is 8. The molecule has 0 saturated carbocycles. The molecule has 27 heavy (non-hydrogen) atoms. The van der Waals surface area contributed by atoms with Gasteiger partial charge in [-0.2, -0.15) is 4.68 Å². The molecule has 0 atom stereocenters. The number of thioether (sulfide) groups is 1. The van der Waals surface area contributed by atoms with E-state index in [1.54, 1.807) is 11.8 Å². The first kappa shape index (κ1) is 17.7. The first-order valence-corrected chi connectivity index (χ1v) is 9.92. The summed E-state index contributed by atoms with van der Waals surface area (Å²) in [6, 6.07) is 7.50. The molecule has 0 spiro atoms. The molecule has 0 aliphatic carbocycles. The van der Waals surface area contributed by atoms with Gasteiger partial charge >= 0.3 is 0 Å². The highest BCUT2D eigenvalue weighted by atomic mass is 32.2. The van der Waals surface area contributed by atoms with Crippen molar-refractivity contribution in [2.45, 2.75) is 24.8 Å². The van der Waals surface area contributed by atoms with E-state index in [-0.39, 0.29) is 5.56 Å². The van der Waals surface area contributed by atoms with Gasteiger partial charge < -0.3 is 9.72 Å². The lowest BCUT2D eigenvalue weighted by molar-refractivity contribution is 0.410. The molecule has 4 rings (SSSR count). The first-order valence-electron chi connectivity index (χ1n) is 8.12. The maximum Gasteiger partial charge on any atom is 0.259 e. The van der Waals surface area contributed by atoms with Crippen molar-refractivity contribution in [3.8, 4) is 11.4 Å². The number of tetrazole rings is 1. The Morgan fingerprint density at radius 1 is 1.30 bits per heavy atom. The number of aromatic amines is 1. The molecular formula is C17H16N6O2S2. The van der Waals surface area contributed by atoms with E-state index in [4.69, 9.17) is 4.74 Å². The lowest BCUT2D eigenvalue weighted by Crippen LogP contribution is -2.11. The number of ether oxygens (including phenoxy) is 1. The quantitative estimate of drug-likeness (QED) is 0.514. The molecule has 1 aromatic carbocycles. The molecule has 0 amide bonds. The lowest BCUT2D eigenvalue weighted by Gasteiger charge is -2.08. The molecule has 138 valence electrons. The molecule has 4 aromatic rings. The molecule has 0 fully saturated rings. The number of para-hydroxylation sites is 2. The van der Waals surface area contributed by atoms with Gasteiger partial charge in [0.2, 0.25) is 5.16 Å². The second-order valence-electron chi connectivity index (χ2n) is 5.81. The van der Waals surface area contributed by atoms with Crippen LogP contribution in [0.4, 0.5) is 0 Å². The molecule has 3 aromatic heterocycles. The van der Waals surface area contributed by atoms with Crippen LogP contribution >= 0.6 is 23.1 Å². The molecule has 0 saturated heterocycles. The molecule has 0 radical (unpaired) electrons. The van der Waals surface area contributed by atoms with Gasteiger partial charge in [0, 0.05) is 4.88 Å². The van der Waals surface area contributed by atoms with Crippen LogP contribution in [-0.4, -0.2) is 37.3 Å². The van der Waals surface area contributed by atoms with E-state index >= 15 is 0 Å². The fourth-order valence-electron chi connectivity index (χ4n) is 2.73. The number of methoxy groups -OCH3 is 1. The molecule has 10 heteroatoms. The molecule has 8 nitrogen and oxygen atoms in total. The van der Waals surface area contributed by atoms with Crippen LogP contribution in [0, 0.1) is 13.8 Å². The molecule has 0 aliphatic heterocycles. The van der Waals surface area contributed by atoms with Gasteiger partial charge in [0.25, 0.3) is 5.56 Å². The van der Waals surface area contributed by atoms with Crippen LogP contribution in [0.25, 0.3) is 15.9 Å². The minimum atomic E-state index is -0.109. The Hall–Kier alpha value is -2.72. The van der Waals surface area contributed by atoms with Gasteiger partial charge in [0.15, 0.2) is 0 Å². The second kappa shape index (κ2) is 7.12.